The maximum atomic E-state index is 5.93. The van der Waals surface area contributed by atoms with Crippen molar-refractivity contribution >= 4 is 31.9 Å². The Bertz CT molecular complexity index is 290. The second-order valence-corrected chi connectivity index (χ2v) is 4.67. The summed E-state index contributed by atoms with van der Waals surface area (Å²) in [7, 11) is 0. The fourth-order valence-electron chi connectivity index (χ4n) is 1.10. The standard InChI is InChI=1S/C10H11Br2N/c1-2-3-10(13)7-4-8(11)6-9(12)5-7/h2,4-6,10H,1,3,13H2/t10-/m1/s1. The predicted molar refractivity (Wildman–Crippen MR) is 63.6 cm³/mol. The Kier molecular flexibility index (Phi) is 4.16. The first-order valence-corrected chi connectivity index (χ1v) is 5.54. The Morgan fingerprint density at radius 3 is 2.31 bits per heavy atom. The second-order valence-electron chi connectivity index (χ2n) is 2.83. The summed E-state index contributed by atoms with van der Waals surface area (Å²) in [6.07, 6.45) is 2.63. The van der Waals surface area contributed by atoms with Gasteiger partial charge >= 0.3 is 0 Å². The molecule has 0 unspecified atom stereocenters. The van der Waals surface area contributed by atoms with Crippen LogP contribution in [0.5, 0.6) is 0 Å². The van der Waals surface area contributed by atoms with Crippen LogP contribution in [0.1, 0.15) is 18.0 Å². The van der Waals surface area contributed by atoms with Crippen molar-refractivity contribution in [1.29, 1.82) is 0 Å². The Morgan fingerprint density at radius 2 is 1.85 bits per heavy atom. The fourth-order valence-corrected chi connectivity index (χ4v) is 2.43. The second kappa shape index (κ2) is 4.94. The van der Waals surface area contributed by atoms with Crippen LogP contribution >= 0.6 is 31.9 Å². The summed E-state index contributed by atoms with van der Waals surface area (Å²) in [5.74, 6) is 0. The van der Waals surface area contributed by atoms with E-state index in [1.54, 1.807) is 0 Å². The number of rotatable bonds is 3. The molecule has 13 heavy (non-hydrogen) atoms. The highest BCUT2D eigenvalue weighted by atomic mass is 79.9. The third-order valence-electron chi connectivity index (χ3n) is 1.73. The summed E-state index contributed by atoms with van der Waals surface area (Å²) in [6.45, 7) is 3.67. The molecule has 70 valence electrons. The van der Waals surface area contributed by atoms with Gasteiger partial charge < -0.3 is 5.73 Å². The van der Waals surface area contributed by atoms with Crippen molar-refractivity contribution in [3.8, 4) is 0 Å². The molecule has 0 amide bonds. The van der Waals surface area contributed by atoms with Gasteiger partial charge in [-0.15, -0.1) is 6.58 Å². The molecule has 2 N–H and O–H groups in total. The van der Waals surface area contributed by atoms with E-state index in [1.807, 2.05) is 24.3 Å². The van der Waals surface area contributed by atoms with Gasteiger partial charge in [0.25, 0.3) is 0 Å². The van der Waals surface area contributed by atoms with Crippen molar-refractivity contribution in [3.63, 3.8) is 0 Å². The zero-order valence-corrected chi connectivity index (χ0v) is 10.3. The maximum Gasteiger partial charge on any atom is 0.0330 e. The molecule has 1 aromatic carbocycles. The Balaban J connectivity index is 2.93. The largest absolute Gasteiger partial charge is 0.324 e. The molecule has 1 aromatic rings. The molecule has 1 rings (SSSR count). The van der Waals surface area contributed by atoms with Gasteiger partial charge in [0.05, 0.1) is 0 Å². The topological polar surface area (TPSA) is 26.0 Å². The van der Waals surface area contributed by atoms with Gasteiger partial charge in [-0.25, -0.2) is 0 Å². The van der Waals surface area contributed by atoms with Crippen molar-refractivity contribution in [2.75, 3.05) is 0 Å². The molecular formula is C10H11Br2N. The number of hydrogen-bond donors (Lipinski definition) is 1. The average molecular weight is 305 g/mol. The molecule has 0 spiro atoms. The highest BCUT2D eigenvalue weighted by Crippen LogP contribution is 2.24. The first kappa shape index (κ1) is 11.0. The molecule has 1 nitrogen and oxygen atoms in total. The van der Waals surface area contributed by atoms with Gasteiger partial charge in [-0.3, -0.25) is 0 Å². The van der Waals surface area contributed by atoms with Gasteiger partial charge in [0, 0.05) is 15.0 Å². The summed E-state index contributed by atoms with van der Waals surface area (Å²) < 4.78 is 2.08. The first-order chi connectivity index (χ1) is 6.13. The van der Waals surface area contributed by atoms with E-state index in [0.29, 0.717) is 0 Å². The molecule has 0 heterocycles. The van der Waals surface area contributed by atoms with E-state index in [2.05, 4.69) is 38.4 Å². The van der Waals surface area contributed by atoms with E-state index in [4.69, 9.17) is 5.73 Å². The molecule has 0 aliphatic heterocycles. The lowest BCUT2D eigenvalue weighted by Crippen LogP contribution is -2.08. The molecule has 0 fully saturated rings. The van der Waals surface area contributed by atoms with Gasteiger partial charge in [-0.05, 0) is 30.2 Å². The van der Waals surface area contributed by atoms with Crippen LogP contribution < -0.4 is 5.73 Å². The number of hydrogen-bond acceptors (Lipinski definition) is 1. The van der Waals surface area contributed by atoms with Gasteiger partial charge in [0.15, 0.2) is 0 Å². The zero-order chi connectivity index (χ0) is 9.84. The smallest absolute Gasteiger partial charge is 0.0330 e. The highest BCUT2D eigenvalue weighted by Gasteiger charge is 2.05. The minimum Gasteiger partial charge on any atom is -0.324 e. The monoisotopic (exact) mass is 303 g/mol. The van der Waals surface area contributed by atoms with Crippen LogP contribution in [0.25, 0.3) is 0 Å². The molecule has 0 aliphatic carbocycles. The Labute approximate surface area is 95.3 Å². The zero-order valence-electron chi connectivity index (χ0n) is 7.13. The molecule has 3 heteroatoms. The molecule has 0 radical (unpaired) electrons. The summed E-state index contributed by atoms with van der Waals surface area (Å²) in [5.41, 5.74) is 7.04. The third kappa shape index (κ3) is 3.25. The highest BCUT2D eigenvalue weighted by molar-refractivity contribution is 9.11. The van der Waals surface area contributed by atoms with Crippen molar-refractivity contribution in [3.05, 3.63) is 45.4 Å². The van der Waals surface area contributed by atoms with E-state index < -0.39 is 0 Å². The normalized spacial score (nSPS) is 12.5. The van der Waals surface area contributed by atoms with Gasteiger partial charge in [-0.2, -0.15) is 0 Å². The lowest BCUT2D eigenvalue weighted by atomic mass is 10.1. The summed E-state index contributed by atoms with van der Waals surface area (Å²) >= 11 is 6.84. The van der Waals surface area contributed by atoms with E-state index >= 15 is 0 Å². The van der Waals surface area contributed by atoms with Crippen LogP contribution in [0.15, 0.2) is 39.8 Å². The molecule has 1 atom stereocenters. The Hall–Kier alpha value is -0.120. The maximum absolute atomic E-state index is 5.93. The predicted octanol–water partition coefficient (Wildman–Crippen LogP) is 3.79. The van der Waals surface area contributed by atoms with Gasteiger partial charge in [-0.1, -0.05) is 37.9 Å². The quantitative estimate of drug-likeness (QED) is 0.845. The third-order valence-corrected chi connectivity index (χ3v) is 2.65. The average Bonchev–Trinajstić information content (AvgIpc) is 2.03. The molecule has 0 bridgehead atoms. The minimum absolute atomic E-state index is 0.0336. The van der Waals surface area contributed by atoms with Crippen LogP contribution in [-0.4, -0.2) is 0 Å². The summed E-state index contributed by atoms with van der Waals surface area (Å²) in [6, 6.07) is 6.08. The van der Waals surface area contributed by atoms with Crippen LogP contribution in [0, 0.1) is 0 Å². The van der Waals surface area contributed by atoms with Crippen molar-refractivity contribution in [1.82, 2.24) is 0 Å². The van der Waals surface area contributed by atoms with Crippen molar-refractivity contribution < 1.29 is 0 Å². The van der Waals surface area contributed by atoms with Gasteiger partial charge in [0.2, 0.25) is 0 Å². The number of nitrogens with two attached hydrogens (primary N) is 1. The lowest BCUT2D eigenvalue weighted by molar-refractivity contribution is 0.741. The van der Waals surface area contributed by atoms with Crippen LogP contribution in [-0.2, 0) is 0 Å². The van der Waals surface area contributed by atoms with Crippen LogP contribution in [0.4, 0.5) is 0 Å². The summed E-state index contributed by atoms with van der Waals surface area (Å²) in [5, 5.41) is 0. The summed E-state index contributed by atoms with van der Waals surface area (Å²) in [4.78, 5) is 0. The molecule has 0 aliphatic rings. The van der Waals surface area contributed by atoms with E-state index in [-0.39, 0.29) is 6.04 Å². The molecule has 0 saturated heterocycles. The van der Waals surface area contributed by atoms with E-state index in [9.17, 15) is 0 Å². The van der Waals surface area contributed by atoms with E-state index in [1.165, 1.54) is 0 Å². The van der Waals surface area contributed by atoms with Crippen LogP contribution in [0.3, 0.4) is 0 Å². The number of halogens is 2. The minimum atomic E-state index is 0.0336. The molecular weight excluding hydrogens is 294 g/mol. The van der Waals surface area contributed by atoms with E-state index in [0.717, 1.165) is 20.9 Å². The van der Waals surface area contributed by atoms with Crippen molar-refractivity contribution in [2.45, 2.75) is 12.5 Å². The molecule has 0 aromatic heterocycles. The SMILES string of the molecule is C=CC[C@@H](N)c1cc(Br)cc(Br)c1. The number of benzene rings is 1. The molecule has 0 saturated carbocycles. The fraction of sp³-hybridized carbons (Fsp3) is 0.200. The lowest BCUT2D eigenvalue weighted by Gasteiger charge is -2.10. The van der Waals surface area contributed by atoms with Gasteiger partial charge in [0.1, 0.15) is 0 Å². The van der Waals surface area contributed by atoms with Crippen LogP contribution in [0.2, 0.25) is 0 Å². The first-order valence-electron chi connectivity index (χ1n) is 3.96. The van der Waals surface area contributed by atoms with Crippen molar-refractivity contribution in [2.24, 2.45) is 5.73 Å². The Morgan fingerprint density at radius 1 is 1.31 bits per heavy atom.